The molecule has 4 heteroatoms. The summed E-state index contributed by atoms with van der Waals surface area (Å²) in [4.78, 5) is 0. The second-order valence-electron chi connectivity index (χ2n) is 0.192. The molecule has 0 saturated carbocycles. The number of hydrogen-bond acceptors (Lipinski definition) is 0. The van der Waals surface area contributed by atoms with Crippen molar-refractivity contribution < 1.29 is 74.3 Å². The molecule has 0 bridgehead atoms. The third-order valence-corrected chi connectivity index (χ3v) is 0. The van der Waals surface area contributed by atoms with Gasteiger partial charge in [0.05, 0.1) is 0 Å². The van der Waals surface area contributed by atoms with Crippen molar-refractivity contribution in [3.8, 4) is 0 Å². The van der Waals surface area contributed by atoms with Crippen LogP contribution in [0.15, 0.2) is 0 Å². The average Bonchev–Trinajstić information content (AvgIpc) is 0.918. The van der Waals surface area contributed by atoms with Crippen LogP contribution < -0.4 is 80.0 Å². The summed E-state index contributed by atoms with van der Waals surface area (Å²) in [6.07, 6.45) is 1.00. The van der Waals surface area contributed by atoms with Gasteiger partial charge < -0.3 is 0 Å². The Morgan fingerprint density at radius 2 is 1.60 bits per heavy atom. The fraction of sp³-hybridized carbons (Fsp3) is 0. The summed E-state index contributed by atoms with van der Waals surface area (Å²) in [5.74, 6) is 0. The van der Waals surface area contributed by atoms with E-state index in [4.69, 9.17) is 0 Å². The Labute approximate surface area is 110 Å². The Kier molecular flexibility index (Phi) is 50.4. The minimum Gasteiger partial charge on any atom is -0.294 e. The van der Waals surface area contributed by atoms with Crippen LogP contribution in [0.25, 0.3) is 0 Å². The van der Waals surface area contributed by atoms with Gasteiger partial charge in [0.2, 0.25) is 6.34 Å². The molecule has 0 aromatic rings. The van der Waals surface area contributed by atoms with Crippen molar-refractivity contribution in [2.45, 2.75) is 0 Å². The molecule has 0 amide bonds. The van der Waals surface area contributed by atoms with Gasteiger partial charge in [-0.3, -0.25) is 11.1 Å². The van der Waals surface area contributed by atoms with E-state index in [1.807, 2.05) is 0 Å². The smallest absolute Gasteiger partial charge is 0.294 e. The van der Waals surface area contributed by atoms with Gasteiger partial charge in [-0.05, 0) is 0 Å². The van der Waals surface area contributed by atoms with E-state index in [2.05, 4.69) is 11.1 Å². The van der Waals surface area contributed by atoms with Crippen LogP contribution in [0.4, 0.5) is 0 Å². The summed E-state index contributed by atoms with van der Waals surface area (Å²) < 4.78 is 0. The fourth-order valence-electron chi connectivity index (χ4n) is 0. The molecule has 0 rings (SSSR count). The Hall–Kier alpha value is 2.44. The molecule has 0 aliphatic carbocycles. The Morgan fingerprint density at radius 3 is 1.60 bits per heavy atom. The standard InChI is InChI=1S/CH4N2.Cs.Pb/c2-1-3;;/h1H,(H3,2,3);;/q;+1;+2/p+1. The third-order valence-electron chi connectivity index (χ3n) is 0. The van der Waals surface area contributed by atoms with Crippen molar-refractivity contribution in [3.05, 3.63) is 0 Å². The Morgan fingerprint density at radius 1 is 1.60 bits per heavy atom. The van der Waals surface area contributed by atoms with Gasteiger partial charge in [-0.1, -0.05) is 0 Å². The summed E-state index contributed by atoms with van der Waals surface area (Å²) in [6.45, 7) is 0. The van der Waals surface area contributed by atoms with Crippen molar-refractivity contribution in [1.82, 2.24) is 0 Å². The summed E-state index contributed by atoms with van der Waals surface area (Å²) in [5.41, 5.74) is 4.50. The van der Waals surface area contributed by atoms with Crippen LogP contribution in [0.5, 0.6) is 0 Å². The molecule has 0 spiro atoms. The molecular formula is CH5CsN2Pb+4. The zero-order valence-electron chi connectivity index (χ0n) is 3.23. The van der Waals surface area contributed by atoms with Gasteiger partial charge in [-0.25, -0.2) is 0 Å². The third kappa shape index (κ3) is 21.3. The van der Waals surface area contributed by atoms with E-state index in [0.29, 0.717) is 0 Å². The minimum absolute atomic E-state index is 0. The predicted molar refractivity (Wildman–Crippen MR) is 17.9 cm³/mol. The van der Waals surface area contributed by atoms with Crippen molar-refractivity contribution in [2.75, 3.05) is 0 Å². The number of rotatable bonds is 0. The molecule has 0 aliphatic heterocycles. The Balaban J connectivity index is -0.0000000200. The van der Waals surface area contributed by atoms with Gasteiger partial charge in [0.15, 0.2) is 0 Å². The average molecular weight is 385 g/mol. The fourth-order valence-corrected chi connectivity index (χ4v) is 0. The summed E-state index contributed by atoms with van der Waals surface area (Å²) in [7, 11) is 0. The minimum atomic E-state index is 0. The molecule has 0 saturated heterocycles. The van der Waals surface area contributed by atoms with Crippen LogP contribution in [0.2, 0.25) is 0 Å². The molecule has 4 N–H and O–H groups in total. The molecule has 20 valence electrons. The van der Waals surface area contributed by atoms with E-state index in [1.54, 1.807) is 0 Å². The van der Waals surface area contributed by atoms with Gasteiger partial charge in [0.1, 0.15) is 0 Å². The molecule has 5 heavy (non-hydrogen) atoms. The maximum Gasteiger partial charge on any atom is 2.00 e. The summed E-state index contributed by atoms with van der Waals surface area (Å²) in [5, 5.41) is 4.50. The van der Waals surface area contributed by atoms with E-state index in [1.165, 1.54) is 0 Å². The van der Waals surface area contributed by atoms with Crippen molar-refractivity contribution >= 4 is 33.6 Å². The quantitative estimate of drug-likeness (QED) is 0.244. The molecule has 0 fully saturated rings. The van der Waals surface area contributed by atoms with E-state index in [0.717, 1.165) is 6.34 Å². The first kappa shape index (κ1) is 15.7. The monoisotopic (exact) mass is 386 g/mol. The number of nitrogens with two attached hydrogens (primary N) is 2. The van der Waals surface area contributed by atoms with Gasteiger partial charge in [-0.15, -0.1) is 0 Å². The van der Waals surface area contributed by atoms with Crippen LogP contribution in [-0.4, -0.2) is 33.6 Å². The normalized spacial score (nSPS) is 2.40. The van der Waals surface area contributed by atoms with E-state index in [9.17, 15) is 0 Å². The van der Waals surface area contributed by atoms with Gasteiger partial charge in [0.25, 0.3) is 0 Å². The number of hydrogen-bond donors (Lipinski definition) is 2. The van der Waals surface area contributed by atoms with Crippen LogP contribution in [0.3, 0.4) is 0 Å². The van der Waals surface area contributed by atoms with Gasteiger partial charge in [0, 0.05) is 0 Å². The molecule has 0 aliphatic rings. The molecule has 2 nitrogen and oxygen atoms in total. The zero-order chi connectivity index (χ0) is 2.71. The Bertz CT molecular complexity index is 17.1. The second-order valence-corrected chi connectivity index (χ2v) is 0.192. The molecule has 0 unspecified atom stereocenters. The molecule has 0 aromatic heterocycles. The first-order chi connectivity index (χ1) is 1.41. The van der Waals surface area contributed by atoms with Crippen molar-refractivity contribution in [1.29, 1.82) is 0 Å². The predicted octanol–water partition coefficient (Wildman–Crippen LogP) is -5.64. The van der Waals surface area contributed by atoms with Crippen LogP contribution in [-0.2, 0) is 0 Å². The molecule has 0 aromatic carbocycles. The van der Waals surface area contributed by atoms with Crippen molar-refractivity contribution in [3.63, 3.8) is 0 Å². The zero-order valence-corrected chi connectivity index (χ0v) is 13.4. The van der Waals surface area contributed by atoms with E-state index < -0.39 is 0 Å². The first-order valence-electron chi connectivity index (χ1n) is 0.667. The molecule has 2 radical (unpaired) electrons. The van der Waals surface area contributed by atoms with Gasteiger partial charge >= 0.3 is 96.2 Å². The van der Waals surface area contributed by atoms with E-state index >= 15 is 0 Å². The maximum atomic E-state index is 4.50. The molecular weight excluding hydrogens is 380 g/mol. The topological polar surface area (TPSA) is 51.6 Å². The first-order valence-corrected chi connectivity index (χ1v) is 0.667. The van der Waals surface area contributed by atoms with Gasteiger partial charge in [-0.2, -0.15) is 0 Å². The second kappa shape index (κ2) is 16.1. The summed E-state index contributed by atoms with van der Waals surface area (Å²) in [6, 6.07) is 0. The van der Waals surface area contributed by atoms with Crippen molar-refractivity contribution in [2.24, 2.45) is 5.73 Å². The van der Waals surface area contributed by atoms with Crippen LogP contribution in [0, 0.1) is 0 Å². The largest absolute Gasteiger partial charge is 2.00 e. The maximum absolute atomic E-state index is 4.50. The molecule has 0 atom stereocenters. The van der Waals surface area contributed by atoms with Crippen LogP contribution >= 0.6 is 0 Å². The SMILES string of the molecule is NC=[NH2+].[Cs+].[Pb+2]. The molecule has 0 heterocycles. The van der Waals surface area contributed by atoms with Crippen LogP contribution in [0.1, 0.15) is 0 Å². The summed E-state index contributed by atoms with van der Waals surface area (Å²) >= 11 is 0. The van der Waals surface area contributed by atoms with E-state index in [-0.39, 0.29) is 96.2 Å².